The minimum atomic E-state index is -0.278. The van der Waals surface area contributed by atoms with Crippen molar-refractivity contribution in [2.75, 3.05) is 13.1 Å². The van der Waals surface area contributed by atoms with Gasteiger partial charge in [0.15, 0.2) is 0 Å². The van der Waals surface area contributed by atoms with Crippen molar-refractivity contribution in [3.8, 4) is 0 Å². The Bertz CT molecular complexity index is 765. The lowest BCUT2D eigenvalue weighted by atomic mass is 10.00. The number of benzene rings is 1. The maximum Gasteiger partial charge on any atom is 0.222 e. The van der Waals surface area contributed by atoms with Crippen LogP contribution in [0.5, 0.6) is 0 Å². The Labute approximate surface area is 164 Å². The summed E-state index contributed by atoms with van der Waals surface area (Å²) >= 11 is 5.99. The van der Waals surface area contributed by atoms with Gasteiger partial charge >= 0.3 is 0 Å². The van der Waals surface area contributed by atoms with Gasteiger partial charge in [0.1, 0.15) is 0 Å². The van der Waals surface area contributed by atoms with E-state index >= 15 is 0 Å². The molecule has 1 aliphatic rings. The smallest absolute Gasteiger partial charge is 0.222 e. The lowest BCUT2D eigenvalue weighted by Crippen LogP contribution is -2.36. The van der Waals surface area contributed by atoms with Crippen LogP contribution in [0.2, 0.25) is 5.02 Å². The van der Waals surface area contributed by atoms with E-state index in [1.54, 1.807) is 12.4 Å². The number of aromatic nitrogens is 1. The molecular weight excluding hydrogens is 362 g/mol. The molecule has 1 fully saturated rings. The van der Waals surface area contributed by atoms with Crippen molar-refractivity contribution in [2.45, 2.75) is 38.1 Å². The topological polar surface area (TPSA) is 62.3 Å². The molecule has 0 saturated carbocycles. The fourth-order valence-corrected chi connectivity index (χ4v) is 3.45. The molecule has 1 aromatic carbocycles. The number of amides is 2. The number of halogens is 1. The van der Waals surface area contributed by atoms with Gasteiger partial charge in [-0.15, -0.1) is 0 Å². The zero-order valence-corrected chi connectivity index (χ0v) is 16.0. The first-order valence-corrected chi connectivity index (χ1v) is 9.74. The summed E-state index contributed by atoms with van der Waals surface area (Å²) in [6.45, 7) is 1.45. The van der Waals surface area contributed by atoms with E-state index in [1.807, 2.05) is 41.3 Å². The molecule has 142 valence electrons. The molecule has 1 aliphatic heterocycles. The monoisotopic (exact) mass is 385 g/mol. The van der Waals surface area contributed by atoms with E-state index in [0.29, 0.717) is 30.8 Å². The predicted molar refractivity (Wildman–Crippen MR) is 105 cm³/mol. The van der Waals surface area contributed by atoms with Crippen LogP contribution in [0, 0.1) is 0 Å². The highest BCUT2D eigenvalue weighted by atomic mass is 35.5. The van der Waals surface area contributed by atoms with E-state index in [2.05, 4.69) is 10.3 Å². The van der Waals surface area contributed by atoms with Gasteiger partial charge in [-0.3, -0.25) is 14.6 Å². The zero-order valence-electron chi connectivity index (χ0n) is 15.2. The van der Waals surface area contributed by atoms with Crippen LogP contribution in [0.3, 0.4) is 0 Å². The van der Waals surface area contributed by atoms with Gasteiger partial charge in [-0.1, -0.05) is 29.8 Å². The molecule has 2 amide bonds. The molecule has 0 unspecified atom stereocenters. The summed E-state index contributed by atoms with van der Waals surface area (Å²) in [4.78, 5) is 30.4. The SMILES string of the molecule is O=C(CCCN1CCCCC1=O)N[C@@H](c1ccc(Cl)cc1)c1cccnc1. The quantitative estimate of drug-likeness (QED) is 0.789. The Hall–Kier alpha value is -2.40. The lowest BCUT2D eigenvalue weighted by molar-refractivity contribution is -0.133. The van der Waals surface area contributed by atoms with Gasteiger partial charge in [0.25, 0.3) is 0 Å². The van der Waals surface area contributed by atoms with Crippen molar-refractivity contribution in [1.82, 2.24) is 15.2 Å². The minimum Gasteiger partial charge on any atom is -0.345 e. The van der Waals surface area contributed by atoms with Gasteiger partial charge in [0.2, 0.25) is 11.8 Å². The first kappa shape index (κ1) is 19.4. The fourth-order valence-electron chi connectivity index (χ4n) is 3.32. The molecule has 0 spiro atoms. The number of hydrogen-bond donors (Lipinski definition) is 1. The van der Waals surface area contributed by atoms with Crippen LogP contribution in [0.1, 0.15) is 49.3 Å². The molecule has 0 bridgehead atoms. The Kier molecular flexibility index (Phi) is 6.82. The molecule has 6 heteroatoms. The van der Waals surface area contributed by atoms with Crippen molar-refractivity contribution in [1.29, 1.82) is 0 Å². The number of nitrogens with one attached hydrogen (secondary N) is 1. The van der Waals surface area contributed by atoms with E-state index < -0.39 is 0 Å². The Morgan fingerprint density at radius 1 is 1.19 bits per heavy atom. The normalized spacial score (nSPS) is 15.4. The molecule has 1 aromatic heterocycles. The molecule has 3 rings (SSSR count). The Balaban J connectivity index is 1.60. The third-order valence-electron chi connectivity index (χ3n) is 4.78. The Morgan fingerprint density at radius 2 is 2.00 bits per heavy atom. The van der Waals surface area contributed by atoms with E-state index in [0.717, 1.165) is 30.5 Å². The summed E-state index contributed by atoms with van der Waals surface area (Å²) < 4.78 is 0. The molecule has 0 aliphatic carbocycles. The van der Waals surface area contributed by atoms with Crippen molar-refractivity contribution in [3.05, 3.63) is 64.9 Å². The summed E-state index contributed by atoms with van der Waals surface area (Å²) in [6.07, 6.45) is 7.17. The van der Waals surface area contributed by atoms with Gasteiger partial charge in [-0.05, 0) is 48.6 Å². The largest absolute Gasteiger partial charge is 0.345 e. The summed E-state index contributed by atoms with van der Waals surface area (Å²) in [5.41, 5.74) is 1.87. The van der Waals surface area contributed by atoms with Crippen LogP contribution in [0.25, 0.3) is 0 Å². The van der Waals surface area contributed by atoms with E-state index in [1.165, 1.54) is 0 Å². The number of hydrogen-bond acceptors (Lipinski definition) is 3. The second-order valence-electron chi connectivity index (χ2n) is 6.78. The average Bonchev–Trinajstić information content (AvgIpc) is 2.69. The molecule has 1 saturated heterocycles. The first-order valence-electron chi connectivity index (χ1n) is 9.36. The molecule has 0 radical (unpaired) electrons. The molecule has 2 heterocycles. The number of carbonyl (C=O) groups excluding carboxylic acids is 2. The third kappa shape index (κ3) is 5.54. The second kappa shape index (κ2) is 9.51. The van der Waals surface area contributed by atoms with Crippen LogP contribution in [0.15, 0.2) is 48.8 Å². The molecule has 1 atom stereocenters. The minimum absolute atomic E-state index is 0.0386. The maximum absolute atomic E-state index is 12.5. The molecule has 1 N–H and O–H groups in total. The maximum atomic E-state index is 12.5. The van der Waals surface area contributed by atoms with Crippen molar-refractivity contribution in [2.24, 2.45) is 0 Å². The van der Waals surface area contributed by atoms with Gasteiger partial charge in [0.05, 0.1) is 6.04 Å². The highest BCUT2D eigenvalue weighted by molar-refractivity contribution is 6.30. The highest BCUT2D eigenvalue weighted by Gasteiger charge is 2.19. The zero-order chi connectivity index (χ0) is 19.1. The van der Waals surface area contributed by atoms with Gasteiger partial charge in [0, 0.05) is 43.3 Å². The number of rotatable bonds is 7. The van der Waals surface area contributed by atoms with Gasteiger partial charge < -0.3 is 10.2 Å². The molecule has 5 nitrogen and oxygen atoms in total. The summed E-state index contributed by atoms with van der Waals surface area (Å²) in [5.74, 6) is 0.166. The van der Waals surface area contributed by atoms with Crippen LogP contribution in [-0.2, 0) is 9.59 Å². The number of nitrogens with zero attached hydrogens (tertiary/aromatic N) is 2. The van der Waals surface area contributed by atoms with Gasteiger partial charge in [-0.2, -0.15) is 0 Å². The van der Waals surface area contributed by atoms with E-state index in [9.17, 15) is 9.59 Å². The second-order valence-corrected chi connectivity index (χ2v) is 7.22. The van der Waals surface area contributed by atoms with Gasteiger partial charge in [-0.25, -0.2) is 0 Å². The highest BCUT2D eigenvalue weighted by Crippen LogP contribution is 2.23. The fraction of sp³-hybridized carbons (Fsp3) is 0.381. The molecular formula is C21H24ClN3O2. The number of pyridine rings is 1. The summed E-state index contributed by atoms with van der Waals surface area (Å²) in [6, 6.07) is 11.0. The third-order valence-corrected chi connectivity index (χ3v) is 5.03. The van der Waals surface area contributed by atoms with Crippen molar-refractivity contribution < 1.29 is 9.59 Å². The van der Waals surface area contributed by atoms with Crippen LogP contribution < -0.4 is 5.32 Å². The molecule has 27 heavy (non-hydrogen) atoms. The standard InChI is InChI=1S/C21H24ClN3O2/c22-18-10-8-16(9-11-18)21(17-5-3-12-23-15-17)24-19(26)6-4-14-25-13-2-1-7-20(25)27/h3,5,8-12,15,21H,1-2,4,6-7,13-14H2,(H,24,26)/t21-/m0/s1. The predicted octanol–water partition coefficient (Wildman–Crippen LogP) is 3.73. The van der Waals surface area contributed by atoms with Crippen LogP contribution >= 0.6 is 11.6 Å². The van der Waals surface area contributed by atoms with Crippen LogP contribution in [-0.4, -0.2) is 34.8 Å². The van der Waals surface area contributed by atoms with E-state index in [4.69, 9.17) is 11.6 Å². The van der Waals surface area contributed by atoms with Crippen molar-refractivity contribution >= 4 is 23.4 Å². The molecule has 2 aromatic rings. The Morgan fingerprint density at radius 3 is 2.70 bits per heavy atom. The van der Waals surface area contributed by atoms with E-state index in [-0.39, 0.29) is 17.9 Å². The summed E-state index contributed by atoms with van der Waals surface area (Å²) in [7, 11) is 0. The number of likely N-dealkylation sites (tertiary alicyclic amines) is 1. The van der Waals surface area contributed by atoms with Crippen LogP contribution in [0.4, 0.5) is 0 Å². The van der Waals surface area contributed by atoms with Crippen molar-refractivity contribution in [3.63, 3.8) is 0 Å². The average molecular weight is 386 g/mol. The first-order chi connectivity index (χ1) is 13.1. The number of carbonyl (C=O) groups is 2. The summed E-state index contributed by atoms with van der Waals surface area (Å²) in [5, 5.41) is 3.75. The lowest BCUT2D eigenvalue weighted by Gasteiger charge is -2.26. The number of piperidine rings is 1.